The lowest BCUT2D eigenvalue weighted by molar-refractivity contribution is -0.151. The van der Waals surface area contributed by atoms with Gasteiger partial charge in [0.25, 0.3) is 5.91 Å². The molecule has 0 spiro atoms. The van der Waals surface area contributed by atoms with Crippen molar-refractivity contribution in [3.05, 3.63) is 18.2 Å². The number of primary amides is 1. The fourth-order valence-corrected chi connectivity index (χ4v) is 2.58. The number of anilines is 1. The molecule has 1 atom stereocenters. The lowest BCUT2D eigenvalue weighted by atomic mass is 10.1. The number of nitrogens with zero attached hydrogens (tertiary/aromatic N) is 1. The summed E-state index contributed by atoms with van der Waals surface area (Å²) in [5.74, 6) is -0.938. The van der Waals surface area contributed by atoms with E-state index in [9.17, 15) is 14.4 Å². The zero-order valence-corrected chi connectivity index (χ0v) is 12.3. The number of fused-ring (bicyclic) bond motifs is 1. The number of amides is 2. The van der Waals surface area contributed by atoms with E-state index < -0.39 is 24.4 Å². The summed E-state index contributed by atoms with van der Waals surface area (Å²) < 4.78 is 15.7. The Balaban J connectivity index is 1.70. The van der Waals surface area contributed by atoms with Crippen molar-refractivity contribution in [3.8, 4) is 11.5 Å². The SMILES string of the molecule is NC(=O)COC(=O)C1CC(=O)N(c2ccc3c(c2)OCCO3)C1. The van der Waals surface area contributed by atoms with Crippen LogP contribution in [-0.4, -0.2) is 44.1 Å². The maximum atomic E-state index is 12.2. The molecule has 2 heterocycles. The van der Waals surface area contributed by atoms with E-state index in [1.807, 2.05) is 0 Å². The minimum absolute atomic E-state index is 0.0338. The molecular formula is C15H16N2O6. The van der Waals surface area contributed by atoms with E-state index in [2.05, 4.69) is 0 Å². The van der Waals surface area contributed by atoms with Crippen LogP contribution in [0.2, 0.25) is 0 Å². The van der Waals surface area contributed by atoms with Gasteiger partial charge in [-0.2, -0.15) is 0 Å². The Hall–Kier alpha value is -2.77. The molecule has 1 saturated heterocycles. The highest BCUT2D eigenvalue weighted by molar-refractivity contribution is 5.99. The Bertz CT molecular complexity index is 659. The second-order valence-corrected chi connectivity index (χ2v) is 5.31. The first-order valence-corrected chi connectivity index (χ1v) is 7.19. The van der Waals surface area contributed by atoms with E-state index in [1.54, 1.807) is 18.2 Å². The topological polar surface area (TPSA) is 108 Å². The second kappa shape index (κ2) is 6.15. The van der Waals surface area contributed by atoms with E-state index in [0.29, 0.717) is 30.4 Å². The molecule has 1 unspecified atom stereocenters. The van der Waals surface area contributed by atoms with E-state index in [0.717, 1.165) is 0 Å². The molecule has 0 bridgehead atoms. The van der Waals surface area contributed by atoms with Gasteiger partial charge in [-0.3, -0.25) is 14.4 Å². The van der Waals surface area contributed by atoms with E-state index in [1.165, 1.54) is 4.90 Å². The quantitative estimate of drug-likeness (QED) is 0.772. The van der Waals surface area contributed by atoms with Crippen LogP contribution in [0.5, 0.6) is 11.5 Å². The van der Waals surface area contributed by atoms with Crippen LogP contribution in [-0.2, 0) is 19.1 Å². The Kier molecular flexibility index (Phi) is 4.05. The van der Waals surface area contributed by atoms with Gasteiger partial charge in [-0.15, -0.1) is 0 Å². The standard InChI is InChI=1S/C15H16N2O6/c16-13(18)8-23-15(20)9-5-14(19)17(7-9)10-1-2-11-12(6-10)22-4-3-21-11/h1-2,6,9H,3-5,7-8H2,(H2,16,18). The van der Waals surface area contributed by atoms with Crippen LogP contribution in [0.1, 0.15) is 6.42 Å². The molecular weight excluding hydrogens is 304 g/mol. The summed E-state index contributed by atoms with van der Waals surface area (Å²) in [5.41, 5.74) is 5.56. The summed E-state index contributed by atoms with van der Waals surface area (Å²) >= 11 is 0. The first kappa shape index (κ1) is 15.1. The third-order valence-electron chi connectivity index (χ3n) is 3.65. The van der Waals surface area contributed by atoms with Crippen LogP contribution in [0, 0.1) is 5.92 Å². The van der Waals surface area contributed by atoms with Gasteiger partial charge in [0.2, 0.25) is 5.91 Å². The monoisotopic (exact) mass is 320 g/mol. The van der Waals surface area contributed by atoms with E-state index in [4.69, 9.17) is 19.9 Å². The molecule has 0 aromatic heterocycles. The Morgan fingerprint density at radius 3 is 2.74 bits per heavy atom. The van der Waals surface area contributed by atoms with Crippen molar-refractivity contribution in [1.29, 1.82) is 0 Å². The highest BCUT2D eigenvalue weighted by atomic mass is 16.6. The van der Waals surface area contributed by atoms with Crippen molar-refractivity contribution in [3.63, 3.8) is 0 Å². The van der Waals surface area contributed by atoms with Gasteiger partial charge in [0.15, 0.2) is 18.1 Å². The third kappa shape index (κ3) is 3.20. The summed E-state index contributed by atoms with van der Waals surface area (Å²) in [6.07, 6.45) is 0.0338. The predicted octanol–water partition coefficient (Wildman–Crippen LogP) is -0.161. The molecule has 0 radical (unpaired) electrons. The van der Waals surface area contributed by atoms with Crippen LogP contribution < -0.4 is 20.1 Å². The molecule has 1 fully saturated rings. The fraction of sp³-hybridized carbons (Fsp3) is 0.400. The van der Waals surface area contributed by atoms with Crippen molar-refractivity contribution >= 4 is 23.5 Å². The van der Waals surface area contributed by atoms with Crippen molar-refractivity contribution < 1.29 is 28.6 Å². The lowest BCUT2D eigenvalue weighted by Gasteiger charge is -2.22. The summed E-state index contributed by atoms with van der Waals surface area (Å²) in [6, 6.07) is 5.18. The number of rotatable bonds is 4. The van der Waals surface area contributed by atoms with Gasteiger partial charge in [-0.25, -0.2) is 0 Å². The molecule has 122 valence electrons. The summed E-state index contributed by atoms with van der Waals surface area (Å²) in [6.45, 7) is 0.652. The number of benzene rings is 1. The predicted molar refractivity (Wildman–Crippen MR) is 78.0 cm³/mol. The van der Waals surface area contributed by atoms with Crippen LogP contribution in [0.3, 0.4) is 0 Å². The van der Waals surface area contributed by atoms with Crippen molar-refractivity contribution in [2.75, 3.05) is 31.3 Å². The molecule has 0 saturated carbocycles. The minimum Gasteiger partial charge on any atom is -0.486 e. The molecule has 0 aliphatic carbocycles. The molecule has 2 aliphatic heterocycles. The van der Waals surface area contributed by atoms with Gasteiger partial charge < -0.3 is 24.8 Å². The van der Waals surface area contributed by atoms with E-state index >= 15 is 0 Å². The fourth-order valence-electron chi connectivity index (χ4n) is 2.58. The minimum atomic E-state index is -0.730. The van der Waals surface area contributed by atoms with Gasteiger partial charge in [0, 0.05) is 24.7 Å². The van der Waals surface area contributed by atoms with Crippen molar-refractivity contribution in [2.45, 2.75) is 6.42 Å². The first-order chi connectivity index (χ1) is 11.0. The third-order valence-corrected chi connectivity index (χ3v) is 3.65. The number of hydrogen-bond donors (Lipinski definition) is 1. The molecule has 3 rings (SSSR count). The average molecular weight is 320 g/mol. The van der Waals surface area contributed by atoms with Gasteiger partial charge >= 0.3 is 5.97 Å². The molecule has 2 amide bonds. The maximum absolute atomic E-state index is 12.2. The maximum Gasteiger partial charge on any atom is 0.311 e. The lowest BCUT2D eigenvalue weighted by Crippen LogP contribution is -2.28. The largest absolute Gasteiger partial charge is 0.486 e. The molecule has 2 N–H and O–H groups in total. The van der Waals surface area contributed by atoms with Gasteiger partial charge in [0.05, 0.1) is 5.92 Å². The number of hydrogen-bond acceptors (Lipinski definition) is 6. The van der Waals surface area contributed by atoms with Gasteiger partial charge in [-0.1, -0.05) is 0 Å². The van der Waals surface area contributed by atoms with Crippen LogP contribution in [0.25, 0.3) is 0 Å². The number of nitrogens with two attached hydrogens (primary N) is 1. The van der Waals surface area contributed by atoms with Crippen LogP contribution in [0.15, 0.2) is 18.2 Å². The van der Waals surface area contributed by atoms with Crippen molar-refractivity contribution in [1.82, 2.24) is 0 Å². The summed E-state index contributed by atoms with van der Waals surface area (Å²) in [7, 11) is 0. The molecule has 8 nitrogen and oxygen atoms in total. The highest BCUT2D eigenvalue weighted by Gasteiger charge is 2.36. The molecule has 8 heteroatoms. The number of esters is 1. The van der Waals surface area contributed by atoms with Crippen LogP contribution in [0.4, 0.5) is 5.69 Å². The number of ether oxygens (including phenoxy) is 3. The highest BCUT2D eigenvalue weighted by Crippen LogP contribution is 2.36. The zero-order valence-electron chi connectivity index (χ0n) is 12.3. The normalized spacial score (nSPS) is 19.6. The number of carbonyl (C=O) groups is 3. The summed E-state index contributed by atoms with van der Waals surface area (Å²) in [5, 5.41) is 0. The average Bonchev–Trinajstić information content (AvgIpc) is 2.94. The number of carbonyl (C=O) groups excluding carboxylic acids is 3. The summed E-state index contributed by atoms with van der Waals surface area (Å²) in [4.78, 5) is 36.1. The molecule has 1 aromatic carbocycles. The Labute approximate surface area is 132 Å². The van der Waals surface area contributed by atoms with Gasteiger partial charge in [-0.05, 0) is 12.1 Å². The zero-order chi connectivity index (χ0) is 16.4. The Morgan fingerprint density at radius 2 is 2.00 bits per heavy atom. The van der Waals surface area contributed by atoms with Gasteiger partial charge in [0.1, 0.15) is 13.2 Å². The molecule has 1 aromatic rings. The first-order valence-electron chi connectivity index (χ1n) is 7.19. The second-order valence-electron chi connectivity index (χ2n) is 5.31. The van der Waals surface area contributed by atoms with Crippen molar-refractivity contribution in [2.24, 2.45) is 11.7 Å². The smallest absolute Gasteiger partial charge is 0.311 e. The Morgan fingerprint density at radius 1 is 1.26 bits per heavy atom. The van der Waals surface area contributed by atoms with E-state index in [-0.39, 0.29) is 18.9 Å². The molecule has 2 aliphatic rings. The molecule has 23 heavy (non-hydrogen) atoms. The van der Waals surface area contributed by atoms with Crippen LogP contribution >= 0.6 is 0 Å².